The Balaban J connectivity index is 1.89. The lowest BCUT2D eigenvalue weighted by molar-refractivity contribution is -0.384. The number of non-ortho nitro benzene ring substituents is 1. The first-order chi connectivity index (χ1) is 11.9. The zero-order valence-electron chi connectivity index (χ0n) is 13.1. The largest absolute Gasteiger partial charge is 0.495 e. The van der Waals surface area contributed by atoms with Crippen molar-refractivity contribution in [2.45, 2.75) is 0 Å². The first kappa shape index (κ1) is 18.2. The summed E-state index contributed by atoms with van der Waals surface area (Å²) >= 11 is 5.96. The monoisotopic (exact) mass is 363 g/mol. The summed E-state index contributed by atoms with van der Waals surface area (Å²) in [7, 11) is 1.48. The summed E-state index contributed by atoms with van der Waals surface area (Å²) in [6, 6.07) is 9.80. The number of nitrogens with zero attached hydrogens (tertiary/aromatic N) is 1. The van der Waals surface area contributed by atoms with Crippen molar-refractivity contribution >= 4 is 34.8 Å². The highest BCUT2D eigenvalue weighted by atomic mass is 35.5. The fourth-order valence-electron chi connectivity index (χ4n) is 1.95. The number of hydrogen-bond donors (Lipinski definition) is 2. The third kappa shape index (κ3) is 4.92. The molecule has 9 heteroatoms. The van der Waals surface area contributed by atoms with Gasteiger partial charge in [0, 0.05) is 23.4 Å². The van der Waals surface area contributed by atoms with Gasteiger partial charge in [0.15, 0.2) is 0 Å². The number of methoxy groups -OCH3 is 1. The van der Waals surface area contributed by atoms with Gasteiger partial charge in [0.2, 0.25) is 5.91 Å². The second-order valence-electron chi connectivity index (χ2n) is 4.88. The molecule has 2 aromatic rings. The quantitative estimate of drug-likeness (QED) is 0.605. The molecule has 0 aliphatic carbocycles. The Hall–Kier alpha value is -3.13. The van der Waals surface area contributed by atoms with Crippen molar-refractivity contribution < 1.29 is 19.2 Å². The van der Waals surface area contributed by atoms with Crippen molar-refractivity contribution in [2.24, 2.45) is 0 Å². The number of carbonyl (C=O) groups excluding carboxylic acids is 2. The molecule has 0 bridgehead atoms. The van der Waals surface area contributed by atoms with Crippen molar-refractivity contribution in [2.75, 3.05) is 19.0 Å². The fourth-order valence-corrected chi connectivity index (χ4v) is 2.20. The zero-order chi connectivity index (χ0) is 18.4. The maximum atomic E-state index is 11.9. The van der Waals surface area contributed by atoms with Gasteiger partial charge in [-0.15, -0.1) is 0 Å². The molecule has 0 unspecified atom stereocenters. The highest BCUT2D eigenvalue weighted by molar-refractivity contribution is 6.32. The van der Waals surface area contributed by atoms with E-state index in [2.05, 4.69) is 10.6 Å². The zero-order valence-corrected chi connectivity index (χ0v) is 13.9. The van der Waals surface area contributed by atoms with E-state index in [0.717, 1.165) is 0 Å². The topological polar surface area (TPSA) is 111 Å². The molecule has 0 aliphatic heterocycles. The van der Waals surface area contributed by atoms with Crippen LogP contribution in [-0.4, -0.2) is 30.4 Å². The van der Waals surface area contributed by atoms with Crippen LogP contribution < -0.4 is 15.4 Å². The molecule has 2 rings (SSSR count). The number of halogens is 1. The summed E-state index contributed by atoms with van der Waals surface area (Å²) in [6.45, 7) is -0.264. The van der Waals surface area contributed by atoms with Gasteiger partial charge in [-0.05, 0) is 30.3 Å². The van der Waals surface area contributed by atoms with Crippen LogP contribution in [0, 0.1) is 10.1 Å². The van der Waals surface area contributed by atoms with E-state index < -0.39 is 16.7 Å². The van der Waals surface area contributed by atoms with E-state index in [4.69, 9.17) is 16.3 Å². The van der Waals surface area contributed by atoms with Crippen LogP contribution in [0.15, 0.2) is 42.5 Å². The molecule has 2 amide bonds. The first-order valence-corrected chi connectivity index (χ1v) is 7.44. The Kier molecular flexibility index (Phi) is 5.91. The van der Waals surface area contributed by atoms with Crippen LogP contribution in [-0.2, 0) is 4.79 Å². The normalized spacial score (nSPS) is 10.0. The van der Waals surface area contributed by atoms with E-state index in [1.54, 1.807) is 12.1 Å². The molecule has 2 aromatic carbocycles. The average Bonchev–Trinajstić information content (AvgIpc) is 2.60. The summed E-state index contributed by atoms with van der Waals surface area (Å²) in [4.78, 5) is 33.8. The highest BCUT2D eigenvalue weighted by Gasteiger charge is 2.11. The van der Waals surface area contributed by atoms with Crippen LogP contribution in [0.3, 0.4) is 0 Å². The van der Waals surface area contributed by atoms with Gasteiger partial charge >= 0.3 is 0 Å². The van der Waals surface area contributed by atoms with Crippen molar-refractivity contribution in [3.8, 4) is 5.75 Å². The molecule has 0 atom stereocenters. The third-order valence-electron chi connectivity index (χ3n) is 3.19. The average molecular weight is 364 g/mol. The van der Waals surface area contributed by atoms with E-state index in [-0.39, 0.29) is 17.8 Å². The van der Waals surface area contributed by atoms with E-state index in [9.17, 15) is 19.7 Å². The number of nitro benzene ring substituents is 1. The number of amides is 2. The van der Waals surface area contributed by atoms with Gasteiger partial charge in [-0.3, -0.25) is 19.7 Å². The van der Waals surface area contributed by atoms with Gasteiger partial charge in [0.25, 0.3) is 11.6 Å². The molecular formula is C16H14ClN3O5. The number of rotatable bonds is 6. The molecule has 0 saturated carbocycles. The Labute approximate surface area is 147 Å². The van der Waals surface area contributed by atoms with Crippen molar-refractivity contribution in [3.63, 3.8) is 0 Å². The van der Waals surface area contributed by atoms with Crippen LogP contribution >= 0.6 is 11.6 Å². The van der Waals surface area contributed by atoms with Crippen molar-refractivity contribution in [1.29, 1.82) is 0 Å². The van der Waals surface area contributed by atoms with Gasteiger partial charge in [0.1, 0.15) is 5.75 Å². The predicted molar refractivity (Wildman–Crippen MR) is 92.1 cm³/mol. The van der Waals surface area contributed by atoms with Gasteiger partial charge < -0.3 is 15.4 Å². The molecule has 2 N–H and O–H groups in total. The molecule has 0 fully saturated rings. The molecule has 8 nitrogen and oxygen atoms in total. The lowest BCUT2D eigenvalue weighted by atomic mass is 10.2. The second kappa shape index (κ2) is 8.11. The SMILES string of the molecule is COc1ccc(NC(=O)CNC(=O)c2ccc([N+](=O)[O-])cc2)cc1Cl. The minimum absolute atomic E-state index is 0.120. The Morgan fingerprint density at radius 2 is 1.88 bits per heavy atom. The van der Waals surface area contributed by atoms with Crippen LogP contribution in [0.2, 0.25) is 5.02 Å². The molecule has 130 valence electrons. The van der Waals surface area contributed by atoms with Gasteiger partial charge in [-0.2, -0.15) is 0 Å². The molecule has 0 heterocycles. The molecular weight excluding hydrogens is 350 g/mol. The van der Waals surface area contributed by atoms with E-state index in [1.807, 2.05) is 0 Å². The van der Waals surface area contributed by atoms with E-state index >= 15 is 0 Å². The maximum absolute atomic E-state index is 11.9. The Bertz CT molecular complexity index is 808. The smallest absolute Gasteiger partial charge is 0.269 e. The lowest BCUT2D eigenvalue weighted by Gasteiger charge is -2.09. The second-order valence-corrected chi connectivity index (χ2v) is 5.29. The van der Waals surface area contributed by atoms with Gasteiger partial charge in [0.05, 0.1) is 23.6 Å². The predicted octanol–water partition coefficient (Wildman–Crippen LogP) is 2.63. The number of nitro groups is 1. The first-order valence-electron chi connectivity index (χ1n) is 7.06. The molecule has 0 saturated heterocycles. The number of nitrogens with one attached hydrogen (secondary N) is 2. The molecule has 25 heavy (non-hydrogen) atoms. The van der Waals surface area contributed by atoms with E-state index in [0.29, 0.717) is 16.5 Å². The molecule has 0 aromatic heterocycles. The molecule has 0 aliphatic rings. The van der Waals surface area contributed by atoms with Crippen LogP contribution in [0.4, 0.5) is 11.4 Å². The van der Waals surface area contributed by atoms with Crippen molar-refractivity contribution in [1.82, 2.24) is 5.32 Å². The molecule has 0 spiro atoms. The molecule has 0 radical (unpaired) electrons. The summed E-state index contributed by atoms with van der Waals surface area (Å²) in [6.07, 6.45) is 0. The summed E-state index contributed by atoms with van der Waals surface area (Å²) in [5.41, 5.74) is 0.553. The highest BCUT2D eigenvalue weighted by Crippen LogP contribution is 2.27. The third-order valence-corrected chi connectivity index (χ3v) is 3.48. The fraction of sp³-hybridized carbons (Fsp3) is 0.125. The van der Waals surface area contributed by atoms with Crippen molar-refractivity contribution in [3.05, 3.63) is 63.2 Å². The summed E-state index contributed by atoms with van der Waals surface area (Å²) in [5, 5.41) is 15.9. The van der Waals surface area contributed by atoms with E-state index in [1.165, 1.54) is 37.4 Å². The summed E-state index contributed by atoms with van der Waals surface area (Å²) < 4.78 is 5.01. The van der Waals surface area contributed by atoms with Crippen LogP contribution in [0.25, 0.3) is 0 Å². The standard InChI is InChI=1S/C16H14ClN3O5/c1-25-14-7-4-11(8-13(14)17)19-15(21)9-18-16(22)10-2-5-12(6-3-10)20(23)24/h2-8H,9H2,1H3,(H,18,22)(H,19,21). The Morgan fingerprint density at radius 1 is 1.20 bits per heavy atom. The maximum Gasteiger partial charge on any atom is 0.269 e. The minimum atomic E-state index is -0.560. The minimum Gasteiger partial charge on any atom is -0.495 e. The van der Waals surface area contributed by atoms with Crippen LogP contribution in [0.1, 0.15) is 10.4 Å². The summed E-state index contributed by atoms with van der Waals surface area (Å²) in [5.74, 6) is -0.486. The Morgan fingerprint density at radius 3 is 2.44 bits per heavy atom. The lowest BCUT2D eigenvalue weighted by Crippen LogP contribution is -2.32. The number of carbonyl (C=O) groups is 2. The number of anilines is 1. The van der Waals surface area contributed by atoms with Crippen LogP contribution in [0.5, 0.6) is 5.75 Å². The van der Waals surface area contributed by atoms with Gasteiger partial charge in [-0.1, -0.05) is 11.6 Å². The number of benzene rings is 2. The number of hydrogen-bond acceptors (Lipinski definition) is 5. The number of ether oxygens (including phenoxy) is 1. The van der Waals surface area contributed by atoms with Gasteiger partial charge in [-0.25, -0.2) is 0 Å².